The number of carboxylic acids is 1. The number of aliphatic carboxylic acids is 1. The van der Waals surface area contributed by atoms with Crippen LogP contribution in [0.5, 0.6) is 17.2 Å². The number of benzene rings is 2. The van der Waals surface area contributed by atoms with Gasteiger partial charge >= 0.3 is 5.97 Å². The van der Waals surface area contributed by atoms with Gasteiger partial charge in [-0.2, -0.15) is 0 Å². The van der Waals surface area contributed by atoms with Gasteiger partial charge in [0, 0.05) is 6.54 Å². The van der Waals surface area contributed by atoms with E-state index in [2.05, 4.69) is 22.4 Å². The van der Waals surface area contributed by atoms with Crippen molar-refractivity contribution in [1.29, 1.82) is 0 Å². The van der Waals surface area contributed by atoms with Crippen molar-refractivity contribution in [1.82, 2.24) is 9.88 Å². The van der Waals surface area contributed by atoms with Crippen molar-refractivity contribution in [2.45, 2.75) is 19.4 Å². The van der Waals surface area contributed by atoms with Crippen molar-refractivity contribution in [3.05, 3.63) is 78.0 Å². The van der Waals surface area contributed by atoms with Crippen LogP contribution < -0.4 is 14.8 Å². The number of nitrogens with one attached hydrogen (secondary N) is 1. The van der Waals surface area contributed by atoms with Crippen LogP contribution in [0.15, 0.2) is 66.7 Å². The molecule has 1 unspecified atom stereocenters. The fourth-order valence-corrected chi connectivity index (χ4v) is 3.35. The number of carbonyl (C=O) groups is 1. The van der Waals surface area contributed by atoms with Gasteiger partial charge < -0.3 is 19.9 Å². The largest absolute Gasteiger partial charge is 0.497 e. The minimum Gasteiger partial charge on any atom is -0.497 e. The monoisotopic (exact) mass is 435 g/mol. The second kappa shape index (κ2) is 11.2. The Morgan fingerprint density at radius 2 is 1.75 bits per heavy atom. The molecule has 3 rings (SSSR count). The quantitative estimate of drug-likeness (QED) is 0.450. The average Bonchev–Trinajstić information content (AvgIpc) is 2.79. The van der Waals surface area contributed by atoms with Gasteiger partial charge in [-0.3, -0.25) is 9.69 Å². The number of aryl methyl sites for hydroxylation is 1. The molecule has 1 atom stereocenters. The first-order chi connectivity index (χ1) is 15.4. The number of rotatable bonds is 11. The molecule has 3 aromatic rings. The Labute approximate surface area is 188 Å². The lowest BCUT2D eigenvalue weighted by molar-refractivity contribution is -0.138. The standard InChI is InChI=1S/C25H29N3O4/c1-18-23(32-21-11-9-20(31-3)10-12-21)13-14-24(26-18)27-22(19-7-5-4-6-8-19)15-16-28(2)17-25(29)30/h4-14,22H,15-17H2,1-3H3,(H,26,27)(H,29,30). The predicted molar refractivity (Wildman–Crippen MR) is 125 cm³/mol. The summed E-state index contributed by atoms with van der Waals surface area (Å²) in [4.78, 5) is 17.4. The van der Waals surface area contributed by atoms with E-state index in [1.54, 1.807) is 12.0 Å². The molecule has 0 bridgehead atoms. The molecule has 0 aliphatic carbocycles. The molecule has 168 valence electrons. The maximum Gasteiger partial charge on any atom is 0.317 e. The molecule has 7 heteroatoms. The van der Waals surface area contributed by atoms with Gasteiger partial charge in [-0.25, -0.2) is 4.98 Å². The second-order valence-electron chi connectivity index (χ2n) is 7.59. The zero-order chi connectivity index (χ0) is 22.9. The van der Waals surface area contributed by atoms with Crippen molar-refractivity contribution in [3.63, 3.8) is 0 Å². The molecule has 0 fully saturated rings. The first kappa shape index (κ1) is 23.1. The van der Waals surface area contributed by atoms with Crippen molar-refractivity contribution < 1.29 is 19.4 Å². The second-order valence-corrected chi connectivity index (χ2v) is 7.59. The summed E-state index contributed by atoms with van der Waals surface area (Å²) in [5, 5.41) is 12.5. The predicted octanol–water partition coefficient (Wildman–Crippen LogP) is 4.75. The van der Waals surface area contributed by atoms with Gasteiger partial charge in [0.25, 0.3) is 0 Å². The summed E-state index contributed by atoms with van der Waals surface area (Å²) in [6.45, 7) is 2.55. The van der Waals surface area contributed by atoms with Crippen molar-refractivity contribution in [2.24, 2.45) is 0 Å². The van der Waals surface area contributed by atoms with Crippen LogP contribution in [0.3, 0.4) is 0 Å². The summed E-state index contributed by atoms with van der Waals surface area (Å²) in [6, 6.07) is 21.3. The molecule has 0 radical (unpaired) electrons. The zero-order valence-corrected chi connectivity index (χ0v) is 18.6. The Morgan fingerprint density at radius 1 is 1.06 bits per heavy atom. The lowest BCUT2D eigenvalue weighted by Gasteiger charge is -2.23. The summed E-state index contributed by atoms with van der Waals surface area (Å²) in [7, 11) is 3.44. The smallest absolute Gasteiger partial charge is 0.317 e. The van der Waals surface area contributed by atoms with Crippen LogP contribution in [0.2, 0.25) is 0 Å². The highest BCUT2D eigenvalue weighted by Crippen LogP contribution is 2.28. The average molecular weight is 436 g/mol. The van der Waals surface area contributed by atoms with Crippen LogP contribution in [0.25, 0.3) is 0 Å². The Hall–Kier alpha value is -3.58. The number of ether oxygens (including phenoxy) is 2. The number of likely N-dealkylation sites (N-methyl/N-ethyl adjacent to an activating group) is 1. The summed E-state index contributed by atoms with van der Waals surface area (Å²) in [6.07, 6.45) is 0.735. The minimum atomic E-state index is -0.832. The molecule has 1 aromatic heterocycles. The number of hydrogen-bond acceptors (Lipinski definition) is 6. The molecule has 0 amide bonds. The molecule has 0 aliphatic heterocycles. The molecule has 0 aliphatic rings. The lowest BCUT2D eigenvalue weighted by Crippen LogP contribution is -2.28. The van der Waals surface area contributed by atoms with E-state index in [0.717, 1.165) is 29.2 Å². The number of carboxylic acid groups (broad SMARTS) is 1. The third-order valence-electron chi connectivity index (χ3n) is 5.05. The van der Waals surface area contributed by atoms with Crippen LogP contribution >= 0.6 is 0 Å². The van der Waals surface area contributed by atoms with E-state index in [0.29, 0.717) is 18.0 Å². The highest BCUT2D eigenvalue weighted by atomic mass is 16.5. The summed E-state index contributed by atoms with van der Waals surface area (Å²) < 4.78 is 11.1. The van der Waals surface area contributed by atoms with E-state index in [1.807, 2.05) is 68.6 Å². The molecular weight excluding hydrogens is 406 g/mol. The number of pyridine rings is 1. The van der Waals surface area contributed by atoms with E-state index in [4.69, 9.17) is 14.6 Å². The highest BCUT2D eigenvalue weighted by molar-refractivity contribution is 5.69. The minimum absolute atomic E-state index is 0.00676. The molecule has 2 aromatic carbocycles. The number of aromatic nitrogens is 1. The van der Waals surface area contributed by atoms with Crippen LogP contribution in [0.1, 0.15) is 23.7 Å². The van der Waals surface area contributed by atoms with Gasteiger partial charge in [0.05, 0.1) is 25.4 Å². The Balaban J connectivity index is 1.71. The van der Waals surface area contributed by atoms with E-state index in [9.17, 15) is 4.79 Å². The summed E-state index contributed by atoms with van der Waals surface area (Å²) in [5.74, 6) is 2.06. The van der Waals surface area contributed by atoms with E-state index < -0.39 is 5.97 Å². The van der Waals surface area contributed by atoms with Gasteiger partial charge in [0.1, 0.15) is 23.1 Å². The van der Waals surface area contributed by atoms with E-state index in [-0.39, 0.29) is 12.6 Å². The van der Waals surface area contributed by atoms with Gasteiger partial charge in [0.15, 0.2) is 0 Å². The fraction of sp³-hybridized carbons (Fsp3) is 0.280. The lowest BCUT2D eigenvalue weighted by atomic mass is 10.0. The molecular formula is C25H29N3O4. The van der Waals surface area contributed by atoms with Crippen LogP contribution in [0, 0.1) is 6.92 Å². The first-order valence-corrected chi connectivity index (χ1v) is 10.5. The Kier molecular flexibility index (Phi) is 8.05. The Morgan fingerprint density at radius 3 is 2.38 bits per heavy atom. The number of nitrogens with zero attached hydrogens (tertiary/aromatic N) is 2. The van der Waals surface area contributed by atoms with E-state index >= 15 is 0 Å². The normalized spacial score (nSPS) is 11.8. The van der Waals surface area contributed by atoms with Crippen molar-refractivity contribution >= 4 is 11.8 Å². The van der Waals surface area contributed by atoms with Gasteiger partial charge in [-0.1, -0.05) is 30.3 Å². The number of anilines is 1. The van der Waals surface area contributed by atoms with E-state index in [1.165, 1.54) is 0 Å². The molecule has 7 nitrogen and oxygen atoms in total. The molecule has 32 heavy (non-hydrogen) atoms. The molecule has 0 spiro atoms. The zero-order valence-electron chi connectivity index (χ0n) is 18.6. The summed E-state index contributed by atoms with van der Waals surface area (Å²) in [5.41, 5.74) is 1.88. The van der Waals surface area contributed by atoms with Gasteiger partial charge in [-0.15, -0.1) is 0 Å². The van der Waals surface area contributed by atoms with Crippen molar-refractivity contribution in [3.8, 4) is 17.2 Å². The third kappa shape index (κ3) is 6.72. The van der Waals surface area contributed by atoms with Gasteiger partial charge in [0.2, 0.25) is 0 Å². The molecule has 0 saturated heterocycles. The first-order valence-electron chi connectivity index (χ1n) is 10.5. The van der Waals surface area contributed by atoms with Crippen molar-refractivity contribution in [2.75, 3.05) is 32.6 Å². The fourth-order valence-electron chi connectivity index (χ4n) is 3.35. The third-order valence-corrected chi connectivity index (χ3v) is 5.05. The highest BCUT2D eigenvalue weighted by Gasteiger charge is 2.15. The topological polar surface area (TPSA) is 83.9 Å². The number of hydrogen-bond donors (Lipinski definition) is 2. The van der Waals surface area contributed by atoms with Crippen LogP contribution in [-0.2, 0) is 4.79 Å². The summed E-state index contributed by atoms with van der Waals surface area (Å²) >= 11 is 0. The molecule has 1 heterocycles. The number of methoxy groups -OCH3 is 1. The van der Waals surface area contributed by atoms with Gasteiger partial charge in [-0.05, 0) is 62.4 Å². The SMILES string of the molecule is COc1ccc(Oc2ccc(NC(CCN(C)CC(=O)O)c3ccccc3)nc2C)cc1. The van der Waals surface area contributed by atoms with Crippen LogP contribution in [-0.4, -0.2) is 48.2 Å². The maximum absolute atomic E-state index is 11.0. The Bertz CT molecular complexity index is 1010. The molecule has 2 N–H and O–H groups in total. The maximum atomic E-state index is 11.0. The molecule has 0 saturated carbocycles. The van der Waals surface area contributed by atoms with Crippen LogP contribution in [0.4, 0.5) is 5.82 Å².